The predicted octanol–water partition coefficient (Wildman–Crippen LogP) is 2.83. The van der Waals surface area contributed by atoms with Crippen molar-refractivity contribution in [3.8, 4) is 17.2 Å². The van der Waals surface area contributed by atoms with Gasteiger partial charge in [-0.1, -0.05) is 6.58 Å². The van der Waals surface area contributed by atoms with Gasteiger partial charge in [-0.3, -0.25) is 4.79 Å². The largest absolute Gasteiger partial charge is 0.504 e. The number of ether oxygens (including phenoxy) is 2. The summed E-state index contributed by atoms with van der Waals surface area (Å²) >= 11 is 0. The van der Waals surface area contributed by atoms with E-state index in [1.54, 1.807) is 20.8 Å². The SMILES string of the molecule is C=C(C)C(=O)Oc1ccc(O)c(OC(=O)C(C)(C)C)c1. The van der Waals surface area contributed by atoms with E-state index in [9.17, 15) is 14.7 Å². The van der Waals surface area contributed by atoms with Crippen LogP contribution in [0.15, 0.2) is 30.4 Å². The first-order valence-electron chi connectivity index (χ1n) is 6.04. The lowest BCUT2D eigenvalue weighted by Crippen LogP contribution is -2.25. The number of rotatable bonds is 3. The van der Waals surface area contributed by atoms with E-state index in [4.69, 9.17) is 9.47 Å². The molecule has 0 aromatic heterocycles. The van der Waals surface area contributed by atoms with Crippen LogP contribution in [0.1, 0.15) is 27.7 Å². The van der Waals surface area contributed by atoms with Crippen molar-refractivity contribution in [2.75, 3.05) is 0 Å². The first-order chi connectivity index (χ1) is 9.11. The predicted molar refractivity (Wildman–Crippen MR) is 73.6 cm³/mol. The van der Waals surface area contributed by atoms with Crippen LogP contribution in [0.25, 0.3) is 0 Å². The van der Waals surface area contributed by atoms with Crippen LogP contribution in [-0.2, 0) is 9.59 Å². The third-order valence-corrected chi connectivity index (χ3v) is 2.31. The van der Waals surface area contributed by atoms with Crippen LogP contribution >= 0.6 is 0 Å². The Hall–Kier alpha value is -2.30. The van der Waals surface area contributed by atoms with Gasteiger partial charge in [-0.05, 0) is 39.8 Å². The molecule has 5 heteroatoms. The van der Waals surface area contributed by atoms with E-state index >= 15 is 0 Å². The standard InChI is InChI=1S/C15H18O5/c1-9(2)13(17)19-10-6-7-11(16)12(8-10)20-14(18)15(3,4)5/h6-8,16H,1H2,2-5H3. The molecule has 20 heavy (non-hydrogen) atoms. The van der Waals surface area contributed by atoms with Crippen LogP contribution in [0.2, 0.25) is 0 Å². The Bertz CT molecular complexity index is 552. The summed E-state index contributed by atoms with van der Waals surface area (Å²) in [6.07, 6.45) is 0. The fourth-order valence-corrected chi connectivity index (χ4v) is 1.09. The van der Waals surface area contributed by atoms with Crippen LogP contribution in [0.3, 0.4) is 0 Å². The number of phenolic OH excluding ortho intramolecular Hbond substituents is 1. The van der Waals surface area contributed by atoms with Gasteiger partial charge in [0.05, 0.1) is 5.41 Å². The highest BCUT2D eigenvalue weighted by atomic mass is 16.6. The molecule has 0 unspecified atom stereocenters. The summed E-state index contributed by atoms with van der Waals surface area (Å²) in [5.74, 6) is -1.21. The lowest BCUT2D eigenvalue weighted by molar-refractivity contribution is -0.143. The maximum Gasteiger partial charge on any atom is 0.338 e. The van der Waals surface area contributed by atoms with Crippen LogP contribution in [-0.4, -0.2) is 17.0 Å². The van der Waals surface area contributed by atoms with E-state index in [1.807, 2.05) is 0 Å². The zero-order chi connectivity index (χ0) is 15.5. The molecule has 0 saturated carbocycles. The Labute approximate surface area is 117 Å². The maximum atomic E-state index is 11.8. The van der Waals surface area contributed by atoms with Gasteiger partial charge in [0.25, 0.3) is 0 Å². The van der Waals surface area contributed by atoms with E-state index in [1.165, 1.54) is 25.1 Å². The van der Waals surface area contributed by atoms with Gasteiger partial charge in [0.1, 0.15) is 5.75 Å². The minimum atomic E-state index is -0.711. The zero-order valence-electron chi connectivity index (χ0n) is 12.0. The molecule has 0 saturated heterocycles. The summed E-state index contributed by atoms with van der Waals surface area (Å²) in [6, 6.07) is 3.96. The summed E-state index contributed by atoms with van der Waals surface area (Å²) in [6.45, 7) is 10.1. The van der Waals surface area contributed by atoms with E-state index in [0.717, 1.165) is 0 Å². The maximum absolute atomic E-state index is 11.8. The molecular formula is C15H18O5. The fourth-order valence-electron chi connectivity index (χ4n) is 1.09. The summed E-state index contributed by atoms with van der Waals surface area (Å²) in [5, 5.41) is 9.66. The molecule has 0 radical (unpaired) electrons. The van der Waals surface area contributed by atoms with E-state index < -0.39 is 17.4 Å². The molecule has 108 valence electrons. The first kappa shape index (κ1) is 15.8. The molecule has 5 nitrogen and oxygen atoms in total. The molecule has 0 amide bonds. The molecule has 0 heterocycles. The zero-order valence-corrected chi connectivity index (χ0v) is 12.0. The van der Waals surface area contributed by atoms with Gasteiger partial charge < -0.3 is 14.6 Å². The number of hydrogen-bond donors (Lipinski definition) is 1. The highest BCUT2D eigenvalue weighted by Gasteiger charge is 2.25. The molecule has 0 aliphatic carbocycles. The van der Waals surface area contributed by atoms with Crippen molar-refractivity contribution in [2.24, 2.45) is 5.41 Å². The molecule has 0 bridgehead atoms. The summed E-state index contributed by atoms with van der Waals surface area (Å²) < 4.78 is 10.1. The fraction of sp³-hybridized carbons (Fsp3) is 0.333. The second kappa shape index (κ2) is 5.77. The minimum absolute atomic E-state index is 0.0584. The van der Waals surface area contributed by atoms with Crippen molar-refractivity contribution in [1.82, 2.24) is 0 Å². The van der Waals surface area contributed by atoms with Gasteiger partial charge in [-0.2, -0.15) is 0 Å². The smallest absolute Gasteiger partial charge is 0.338 e. The van der Waals surface area contributed by atoms with Crippen LogP contribution in [0.4, 0.5) is 0 Å². The Morgan fingerprint density at radius 2 is 1.80 bits per heavy atom. The second-order valence-corrected chi connectivity index (χ2v) is 5.44. The number of esters is 2. The number of aromatic hydroxyl groups is 1. The first-order valence-corrected chi connectivity index (χ1v) is 6.04. The summed E-state index contributed by atoms with van der Waals surface area (Å²) in [5.41, 5.74) is -0.470. The molecular weight excluding hydrogens is 260 g/mol. The highest BCUT2D eigenvalue weighted by Crippen LogP contribution is 2.32. The van der Waals surface area contributed by atoms with E-state index in [-0.39, 0.29) is 22.8 Å². The van der Waals surface area contributed by atoms with E-state index in [0.29, 0.717) is 0 Å². The lowest BCUT2D eigenvalue weighted by atomic mass is 9.97. The van der Waals surface area contributed by atoms with Crippen molar-refractivity contribution in [1.29, 1.82) is 0 Å². The van der Waals surface area contributed by atoms with Crippen molar-refractivity contribution in [3.63, 3.8) is 0 Å². The number of phenols is 1. The van der Waals surface area contributed by atoms with Crippen LogP contribution in [0, 0.1) is 5.41 Å². The minimum Gasteiger partial charge on any atom is -0.504 e. The monoisotopic (exact) mass is 278 g/mol. The van der Waals surface area contributed by atoms with Gasteiger partial charge in [0.15, 0.2) is 11.5 Å². The third-order valence-electron chi connectivity index (χ3n) is 2.31. The molecule has 1 N–H and O–H groups in total. The van der Waals surface area contributed by atoms with Crippen molar-refractivity contribution < 1.29 is 24.2 Å². The van der Waals surface area contributed by atoms with Gasteiger partial charge >= 0.3 is 11.9 Å². The van der Waals surface area contributed by atoms with Crippen LogP contribution in [0.5, 0.6) is 17.2 Å². The number of hydrogen-bond acceptors (Lipinski definition) is 5. The third kappa shape index (κ3) is 4.12. The lowest BCUT2D eigenvalue weighted by Gasteiger charge is -2.17. The average Bonchev–Trinajstić information content (AvgIpc) is 2.31. The number of carbonyl (C=O) groups excluding carboxylic acids is 2. The Kier molecular flexibility index (Phi) is 4.55. The Morgan fingerprint density at radius 1 is 1.20 bits per heavy atom. The average molecular weight is 278 g/mol. The van der Waals surface area contributed by atoms with Gasteiger partial charge in [0.2, 0.25) is 0 Å². The molecule has 0 fully saturated rings. The number of carbonyl (C=O) groups is 2. The molecule has 1 aromatic rings. The Morgan fingerprint density at radius 3 is 2.30 bits per heavy atom. The molecule has 0 atom stereocenters. The topological polar surface area (TPSA) is 72.8 Å². The number of benzene rings is 1. The summed E-state index contributed by atoms with van der Waals surface area (Å²) in [4.78, 5) is 23.2. The van der Waals surface area contributed by atoms with Crippen molar-refractivity contribution in [2.45, 2.75) is 27.7 Å². The molecule has 0 aliphatic heterocycles. The van der Waals surface area contributed by atoms with Gasteiger partial charge in [0, 0.05) is 11.6 Å². The highest BCUT2D eigenvalue weighted by molar-refractivity contribution is 5.89. The van der Waals surface area contributed by atoms with Crippen molar-refractivity contribution >= 4 is 11.9 Å². The van der Waals surface area contributed by atoms with Crippen LogP contribution < -0.4 is 9.47 Å². The van der Waals surface area contributed by atoms with Gasteiger partial charge in [-0.15, -0.1) is 0 Å². The van der Waals surface area contributed by atoms with Crippen molar-refractivity contribution in [3.05, 3.63) is 30.4 Å². The Balaban J connectivity index is 2.95. The molecule has 0 aliphatic rings. The molecule has 1 rings (SSSR count). The van der Waals surface area contributed by atoms with Gasteiger partial charge in [-0.25, -0.2) is 4.79 Å². The normalized spacial score (nSPS) is 10.8. The second-order valence-electron chi connectivity index (χ2n) is 5.44. The molecule has 0 spiro atoms. The quantitative estimate of drug-likeness (QED) is 0.523. The van der Waals surface area contributed by atoms with E-state index in [2.05, 4.69) is 6.58 Å². The molecule has 1 aromatic carbocycles. The summed E-state index contributed by atoms with van der Waals surface area (Å²) in [7, 11) is 0.